The van der Waals surface area contributed by atoms with Crippen molar-refractivity contribution in [2.24, 2.45) is 0 Å². The van der Waals surface area contributed by atoms with Gasteiger partial charge in [0.05, 0.1) is 10.6 Å². The summed E-state index contributed by atoms with van der Waals surface area (Å²) in [7, 11) is 0. The molecule has 0 spiro atoms. The molecule has 1 heterocycles. The van der Waals surface area contributed by atoms with Crippen molar-refractivity contribution in [3.8, 4) is 0 Å². The summed E-state index contributed by atoms with van der Waals surface area (Å²) in [5.74, 6) is -1.00. The van der Waals surface area contributed by atoms with Gasteiger partial charge in [-0.05, 0) is 12.1 Å². The van der Waals surface area contributed by atoms with Crippen molar-refractivity contribution in [2.45, 2.75) is 0 Å². The Bertz CT molecular complexity index is 503. The third-order valence-corrected chi connectivity index (χ3v) is 2.48. The molecule has 1 aromatic rings. The molecular formula is C10H8ClN3O3. The molecule has 4 amide bonds. The number of rotatable bonds is 2. The Kier molecular flexibility index (Phi) is 2.97. The zero-order valence-corrected chi connectivity index (χ0v) is 9.32. The third-order valence-electron chi connectivity index (χ3n) is 2.15. The van der Waals surface area contributed by atoms with E-state index in [9.17, 15) is 14.4 Å². The van der Waals surface area contributed by atoms with Gasteiger partial charge >= 0.3 is 6.03 Å². The molecule has 2 N–H and O–H groups in total. The highest BCUT2D eigenvalue weighted by Crippen LogP contribution is 2.14. The SMILES string of the molecule is O=C1CN(NC(=O)c2ccccc2Cl)C(=O)N1. The molecule has 0 radical (unpaired) electrons. The summed E-state index contributed by atoms with van der Waals surface area (Å²) in [6, 6.07) is 5.76. The normalized spacial score (nSPS) is 14.8. The Hall–Kier alpha value is -2.08. The van der Waals surface area contributed by atoms with Gasteiger partial charge in [0.2, 0.25) is 5.91 Å². The van der Waals surface area contributed by atoms with Gasteiger partial charge in [-0.15, -0.1) is 0 Å². The minimum Gasteiger partial charge on any atom is -0.275 e. The summed E-state index contributed by atoms with van der Waals surface area (Å²) >= 11 is 5.82. The summed E-state index contributed by atoms with van der Waals surface area (Å²) in [4.78, 5) is 33.8. The molecule has 0 atom stereocenters. The van der Waals surface area contributed by atoms with E-state index in [1.54, 1.807) is 18.2 Å². The summed E-state index contributed by atoms with van der Waals surface area (Å²) in [5.41, 5.74) is 2.53. The van der Waals surface area contributed by atoms with Gasteiger partial charge in [0.25, 0.3) is 5.91 Å². The molecule has 0 aliphatic carbocycles. The van der Waals surface area contributed by atoms with Crippen molar-refractivity contribution in [2.75, 3.05) is 6.54 Å². The fraction of sp³-hybridized carbons (Fsp3) is 0.100. The molecule has 1 saturated heterocycles. The van der Waals surface area contributed by atoms with Crippen molar-refractivity contribution >= 4 is 29.4 Å². The number of hydrogen-bond donors (Lipinski definition) is 2. The first-order valence-corrected chi connectivity index (χ1v) is 5.12. The van der Waals surface area contributed by atoms with E-state index in [0.717, 1.165) is 5.01 Å². The predicted octanol–water partition coefficient (Wildman–Crippen LogP) is 0.537. The number of carbonyl (C=O) groups excluding carboxylic acids is 3. The minimum atomic E-state index is -0.657. The molecule has 0 aromatic heterocycles. The summed E-state index contributed by atoms with van der Waals surface area (Å²) in [6.45, 7) is -0.199. The number of amides is 4. The first-order chi connectivity index (χ1) is 8.08. The van der Waals surface area contributed by atoms with Gasteiger partial charge in [-0.25, -0.2) is 9.80 Å². The van der Waals surface area contributed by atoms with Gasteiger partial charge in [-0.2, -0.15) is 0 Å². The van der Waals surface area contributed by atoms with Gasteiger partial charge in [-0.3, -0.25) is 20.3 Å². The smallest absolute Gasteiger partial charge is 0.275 e. The van der Waals surface area contributed by atoms with E-state index in [-0.39, 0.29) is 17.1 Å². The molecule has 0 bridgehead atoms. The van der Waals surface area contributed by atoms with Gasteiger partial charge in [0.15, 0.2) is 0 Å². The number of imide groups is 1. The lowest BCUT2D eigenvalue weighted by atomic mass is 10.2. The van der Waals surface area contributed by atoms with E-state index in [1.165, 1.54) is 6.07 Å². The van der Waals surface area contributed by atoms with Crippen molar-refractivity contribution in [1.82, 2.24) is 15.8 Å². The number of hydrogen-bond acceptors (Lipinski definition) is 3. The van der Waals surface area contributed by atoms with E-state index in [1.807, 2.05) is 5.32 Å². The number of urea groups is 1. The largest absolute Gasteiger partial charge is 0.343 e. The first kappa shape index (κ1) is 11.4. The average molecular weight is 254 g/mol. The second-order valence-corrected chi connectivity index (χ2v) is 3.77. The van der Waals surface area contributed by atoms with Crippen molar-refractivity contribution in [1.29, 1.82) is 0 Å². The van der Waals surface area contributed by atoms with Crippen LogP contribution in [0, 0.1) is 0 Å². The van der Waals surface area contributed by atoms with Crippen LogP contribution < -0.4 is 10.7 Å². The highest BCUT2D eigenvalue weighted by atomic mass is 35.5. The zero-order chi connectivity index (χ0) is 12.4. The highest BCUT2D eigenvalue weighted by molar-refractivity contribution is 6.33. The van der Waals surface area contributed by atoms with Crippen LogP contribution in [0.5, 0.6) is 0 Å². The molecule has 1 aromatic carbocycles. The zero-order valence-electron chi connectivity index (χ0n) is 8.57. The third kappa shape index (κ3) is 2.36. The summed E-state index contributed by atoms with van der Waals surface area (Å²) in [5, 5.41) is 3.21. The quantitative estimate of drug-likeness (QED) is 0.755. The number of hydrazine groups is 1. The van der Waals surface area contributed by atoms with E-state index in [2.05, 4.69) is 5.43 Å². The number of nitrogens with zero attached hydrogens (tertiary/aromatic N) is 1. The maximum atomic E-state index is 11.7. The fourth-order valence-corrected chi connectivity index (χ4v) is 1.58. The molecule has 7 heteroatoms. The van der Waals surface area contributed by atoms with Crippen LogP contribution in [0.15, 0.2) is 24.3 Å². The Morgan fingerprint density at radius 1 is 1.35 bits per heavy atom. The van der Waals surface area contributed by atoms with Crippen LogP contribution in [0.25, 0.3) is 0 Å². The molecule has 0 saturated carbocycles. The van der Waals surface area contributed by atoms with Crippen LogP contribution in [0.4, 0.5) is 4.79 Å². The van der Waals surface area contributed by atoms with Crippen LogP contribution in [0.2, 0.25) is 5.02 Å². The monoisotopic (exact) mass is 253 g/mol. The van der Waals surface area contributed by atoms with Crippen molar-refractivity contribution < 1.29 is 14.4 Å². The standard InChI is InChI=1S/C10H8ClN3O3/c11-7-4-2-1-3-6(7)9(16)13-14-5-8(15)12-10(14)17/h1-4H,5H2,(H,13,16)(H,12,15,17). The predicted molar refractivity (Wildman–Crippen MR) is 59.2 cm³/mol. The average Bonchev–Trinajstić information content (AvgIpc) is 2.58. The molecule has 1 fully saturated rings. The minimum absolute atomic E-state index is 0.199. The van der Waals surface area contributed by atoms with Crippen LogP contribution in [-0.4, -0.2) is 29.4 Å². The van der Waals surface area contributed by atoms with Gasteiger partial charge in [0, 0.05) is 0 Å². The number of nitrogens with one attached hydrogen (secondary N) is 2. The molecule has 1 aliphatic rings. The van der Waals surface area contributed by atoms with Crippen LogP contribution in [-0.2, 0) is 4.79 Å². The lowest BCUT2D eigenvalue weighted by Crippen LogP contribution is -2.44. The van der Waals surface area contributed by atoms with Gasteiger partial charge in [-0.1, -0.05) is 23.7 Å². The lowest BCUT2D eigenvalue weighted by molar-refractivity contribution is -0.118. The Morgan fingerprint density at radius 3 is 2.65 bits per heavy atom. The first-order valence-electron chi connectivity index (χ1n) is 4.75. The van der Waals surface area contributed by atoms with Crippen molar-refractivity contribution in [3.63, 3.8) is 0 Å². The maximum absolute atomic E-state index is 11.7. The number of carbonyl (C=O) groups is 3. The maximum Gasteiger partial charge on any atom is 0.343 e. The number of halogens is 1. The van der Waals surface area contributed by atoms with Crippen LogP contribution in [0.3, 0.4) is 0 Å². The topological polar surface area (TPSA) is 78.5 Å². The second-order valence-electron chi connectivity index (χ2n) is 3.36. The van der Waals surface area contributed by atoms with Gasteiger partial charge < -0.3 is 0 Å². The molecule has 1 aliphatic heterocycles. The number of benzene rings is 1. The molecule has 17 heavy (non-hydrogen) atoms. The Labute approximate surface area is 102 Å². The second kappa shape index (κ2) is 4.42. The molecule has 6 nitrogen and oxygen atoms in total. The fourth-order valence-electron chi connectivity index (χ4n) is 1.36. The van der Waals surface area contributed by atoms with E-state index < -0.39 is 17.8 Å². The van der Waals surface area contributed by atoms with E-state index >= 15 is 0 Å². The lowest BCUT2D eigenvalue weighted by Gasteiger charge is -2.14. The molecule has 2 rings (SSSR count). The molecular weight excluding hydrogens is 246 g/mol. The molecule has 0 unspecified atom stereocenters. The Morgan fingerprint density at radius 2 is 2.06 bits per heavy atom. The van der Waals surface area contributed by atoms with Crippen LogP contribution in [0.1, 0.15) is 10.4 Å². The summed E-state index contributed by atoms with van der Waals surface area (Å²) in [6.07, 6.45) is 0. The van der Waals surface area contributed by atoms with Crippen molar-refractivity contribution in [3.05, 3.63) is 34.9 Å². The van der Waals surface area contributed by atoms with E-state index in [4.69, 9.17) is 11.6 Å². The highest BCUT2D eigenvalue weighted by Gasteiger charge is 2.28. The Balaban J connectivity index is 2.10. The van der Waals surface area contributed by atoms with E-state index in [0.29, 0.717) is 0 Å². The van der Waals surface area contributed by atoms with Crippen LogP contribution >= 0.6 is 11.6 Å². The molecule has 88 valence electrons. The summed E-state index contributed by atoms with van der Waals surface area (Å²) < 4.78 is 0. The van der Waals surface area contributed by atoms with Gasteiger partial charge in [0.1, 0.15) is 6.54 Å².